The van der Waals surface area contributed by atoms with Gasteiger partial charge in [-0.2, -0.15) is 5.26 Å². The number of halogens is 1. The molecular formula is C21H15BrN4S. The molecule has 0 spiro atoms. The molecule has 2 aromatic carbocycles. The van der Waals surface area contributed by atoms with Crippen LogP contribution in [0.15, 0.2) is 59.3 Å². The van der Waals surface area contributed by atoms with Crippen LogP contribution < -0.4 is 5.32 Å². The molecule has 0 amide bonds. The summed E-state index contributed by atoms with van der Waals surface area (Å²) in [6.45, 7) is 2.15. The highest BCUT2D eigenvalue weighted by atomic mass is 79.9. The number of benzene rings is 2. The lowest BCUT2D eigenvalue weighted by molar-refractivity contribution is 1.19. The van der Waals surface area contributed by atoms with Crippen LogP contribution in [0.1, 0.15) is 17.4 Å². The van der Waals surface area contributed by atoms with Gasteiger partial charge < -0.3 is 5.32 Å². The minimum absolute atomic E-state index is 0.584. The van der Waals surface area contributed by atoms with Gasteiger partial charge in [-0.15, -0.1) is 11.3 Å². The molecule has 4 rings (SSSR count). The zero-order valence-corrected chi connectivity index (χ0v) is 16.9. The molecule has 4 aromatic rings. The van der Waals surface area contributed by atoms with Gasteiger partial charge in [0, 0.05) is 14.9 Å². The summed E-state index contributed by atoms with van der Waals surface area (Å²) in [5.41, 5.74) is 3.61. The van der Waals surface area contributed by atoms with E-state index < -0.39 is 0 Å². The van der Waals surface area contributed by atoms with Crippen LogP contribution in [0.3, 0.4) is 0 Å². The third-order valence-electron chi connectivity index (χ3n) is 4.32. The van der Waals surface area contributed by atoms with Crippen LogP contribution in [-0.4, -0.2) is 9.97 Å². The summed E-state index contributed by atoms with van der Waals surface area (Å²) in [7, 11) is 0. The van der Waals surface area contributed by atoms with Gasteiger partial charge in [-0.05, 0) is 36.2 Å². The van der Waals surface area contributed by atoms with E-state index >= 15 is 0 Å². The first-order valence-corrected chi connectivity index (χ1v) is 10.1. The molecule has 0 saturated heterocycles. The minimum Gasteiger partial charge on any atom is -0.338 e. The highest BCUT2D eigenvalue weighted by molar-refractivity contribution is 9.10. The topological polar surface area (TPSA) is 61.6 Å². The normalized spacial score (nSPS) is 10.7. The van der Waals surface area contributed by atoms with Gasteiger partial charge in [0.05, 0.1) is 16.6 Å². The quantitative estimate of drug-likeness (QED) is 0.409. The van der Waals surface area contributed by atoms with Crippen LogP contribution in [0.2, 0.25) is 0 Å². The number of hydrogen-bond donors (Lipinski definition) is 1. The van der Waals surface area contributed by atoms with E-state index in [9.17, 15) is 5.26 Å². The Kier molecular flexibility index (Phi) is 4.88. The van der Waals surface area contributed by atoms with E-state index in [1.165, 1.54) is 4.88 Å². The summed E-state index contributed by atoms with van der Waals surface area (Å²) in [6, 6.07) is 18.0. The molecule has 27 heavy (non-hydrogen) atoms. The van der Waals surface area contributed by atoms with E-state index in [0.29, 0.717) is 5.56 Å². The molecule has 132 valence electrons. The second-order valence-electron chi connectivity index (χ2n) is 5.95. The minimum atomic E-state index is 0.584. The number of hydrogen-bond acceptors (Lipinski definition) is 5. The van der Waals surface area contributed by atoms with Gasteiger partial charge in [0.1, 0.15) is 23.0 Å². The molecule has 4 nitrogen and oxygen atoms in total. The predicted octanol–water partition coefficient (Wildman–Crippen LogP) is 6.30. The Morgan fingerprint density at radius 2 is 1.89 bits per heavy atom. The first kappa shape index (κ1) is 17.7. The van der Waals surface area contributed by atoms with Crippen molar-refractivity contribution in [1.29, 1.82) is 5.26 Å². The molecule has 0 aliphatic carbocycles. The van der Waals surface area contributed by atoms with Crippen LogP contribution in [-0.2, 0) is 6.42 Å². The summed E-state index contributed by atoms with van der Waals surface area (Å²) in [5.74, 6) is 0.719. The van der Waals surface area contributed by atoms with Crippen molar-refractivity contribution in [2.45, 2.75) is 13.3 Å². The van der Waals surface area contributed by atoms with Gasteiger partial charge in [0.25, 0.3) is 0 Å². The highest BCUT2D eigenvalue weighted by Gasteiger charge is 2.18. The molecule has 0 bridgehead atoms. The number of thiophene rings is 1. The Morgan fingerprint density at radius 1 is 1.11 bits per heavy atom. The van der Waals surface area contributed by atoms with Gasteiger partial charge in [0.2, 0.25) is 0 Å². The standard InChI is InChI=1S/C21H15BrN4S/c1-2-17-18(13-7-9-15(22)10-8-13)19-20(24-12-25-21(19)27-17)26-16-6-4-3-5-14(16)11-23/h3-10,12H,2H2,1H3,(H,24,25,26). The third kappa shape index (κ3) is 3.32. The van der Waals surface area contributed by atoms with Crippen LogP contribution in [0.25, 0.3) is 21.3 Å². The van der Waals surface area contributed by atoms with Crippen molar-refractivity contribution in [3.63, 3.8) is 0 Å². The summed E-state index contributed by atoms with van der Waals surface area (Å²) in [6.07, 6.45) is 2.49. The van der Waals surface area contributed by atoms with Crippen LogP contribution >= 0.6 is 27.3 Å². The van der Waals surface area contributed by atoms with E-state index in [0.717, 1.165) is 43.7 Å². The second kappa shape index (κ2) is 7.47. The number of rotatable bonds is 4. The molecule has 0 unspecified atom stereocenters. The number of aromatic nitrogens is 2. The largest absolute Gasteiger partial charge is 0.338 e. The number of nitrogens with zero attached hydrogens (tertiary/aromatic N) is 3. The third-order valence-corrected chi connectivity index (χ3v) is 6.09. The first-order valence-electron chi connectivity index (χ1n) is 8.49. The Labute approximate surface area is 169 Å². The van der Waals surface area contributed by atoms with Crippen molar-refractivity contribution in [2.24, 2.45) is 0 Å². The number of para-hydroxylation sites is 1. The Hall–Kier alpha value is -2.75. The molecule has 0 aliphatic heterocycles. The number of fused-ring (bicyclic) bond motifs is 1. The SMILES string of the molecule is CCc1sc2ncnc(Nc3ccccc3C#N)c2c1-c1ccc(Br)cc1. The van der Waals surface area contributed by atoms with E-state index in [-0.39, 0.29) is 0 Å². The van der Waals surface area contributed by atoms with Crippen LogP contribution in [0, 0.1) is 11.3 Å². The molecular weight excluding hydrogens is 420 g/mol. The molecule has 0 radical (unpaired) electrons. The lowest BCUT2D eigenvalue weighted by Gasteiger charge is -2.10. The van der Waals surface area contributed by atoms with Gasteiger partial charge >= 0.3 is 0 Å². The molecule has 0 aliphatic rings. The number of anilines is 2. The smallest absolute Gasteiger partial charge is 0.143 e. The van der Waals surface area contributed by atoms with Crippen molar-refractivity contribution < 1.29 is 0 Å². The van der Waals surface area contributed by atoms with E-state index in [1.54, 1.807) is 23.7 Å². The maximum Gasteiger partial charge on any atom is 0.143 e. The zero-order chi connectivity index (χ0) is 18.8. The lowest BCUT2D eigenvalue weighted by atomic mass is 10.0. The van der Waals surface area contributed by atoms with Gasteiger partial charge in [0.15, 0.2) is 0 Å². The second-order valence-corrected chi connectivity index (χ2v) is 7.94. The van der Waals surface area contributed by atoms with Crippen molar-refractivity contribution in [2.75, 3.05) is 5.32 Å². The molecule has 2 heterocycles. The zero-order valence-electron chi connectivity index (χ0n) is 14.5. The van der Waals surface area contributed by atoms with Crippen LogP contribution in [0.5, 0.6) is 0 Å². The van der Waals surface area contributed by atoms with Crippen molar-refractivity contribution in [3.05, 3.63) is 69.8 Å². The fraction of sp³-hybridized carbons (Fsp3) is 0.0952. The van der Waals surface area contributed by atoms with Crippen molar-refractivity contribution in [1.82, 2.24) is 9.97 Å². The molecule has 0 fully saturated rings. The number of nitrogens with one attached hydrogen (secondary N) is 1. The molecule has 6 heteroatoms. The predicted molar refractivity (Wildman–Crippen MR) is 114 cm³/mol. The van der Waals surface area contributed by atoms with Gasteiger partial charge in [-0.3, -0.25) is 0 Å². The maximum absolute atomic E-state index is 9.39. The van der Waals surface area contributed by atoms with E-state index in [2.05, 4.69) is 56.3 Å². The number of aryl methyl sites for hydroxylation is 1. The lowest BCUT2D eigenvalue weighted by Crippen LogP contribution is -1.97. The molecule has 0 saturated carbocycles. The van der Waals surface area contributed by atoms with Gasteiger partial charge in [-0.1, -0.05) is 47.1 Å². The molecule has 2 aromatic heterocycles. The summed E-state index contributed by atoms with van der Waals surface area (Å²) >= 11 is 5.19. The fourth-order valence-electron chi connectivity index (χ4n) is 3.06. The molecule has 1 N–H and O–H groups in total. The average Bonchev–Trinajstić information content (AvgIpc) is 3.09. The maximum atomic E-state index is 9.39. The fourth-order valence-corrected chi connectivity index (χ4v) is 4.43. The Bertz CT molecular complexity index is 1160. The van der Waals surface area contributed by atoms with Crippen molar-refractivity contribution >= 4 is 49.0 Å². The summed E-state index contributed by atoms with van der Waals surface area (Å²) in [4.78, 5) is 11.2. The Morgan fingerprint density at radius 3 is 2.63 bits per heavy atom. The summed E-state index contributed by atoms with van der Waals surface area (Å²) < 4.78 is 1.04. The summed E-state index contributed by atoms with van der Waals surface area (Å²) in [5, 5.41) is 13.7. The number of nitriles is 1. The Balaban J connectivity index is 1.93. The van der Waals surface area contributed by atoms with Gasteiger partial charge in [-0.25, -0.2) is 9.97 Å². The van der Waals surface area contributed by atoms with Crippen molar-refractivity contribution in [3.8, 4) is 17.2 Å². The van der Waals surface area contributed by atoms with Crippen LogP contribution in [0.4, 0.5) is 11.5 Å². The van der Waals surface area contributed by atoms with E-state index in [1.807, 2.05) is 30.3 Å². The molecule has 0 atom stereocenters. The highest BCUT2D eigenvalue weighted by Crippen LogP contribution is 2.42. The average molecular weight is 435 g/mol. The monoisotopic (exact) mass is 434 g/mol. The van der Waals surface area contributed by atoms with E-state index in [4.69, 9.17) is 0 Å². The first-order chi connectivity index (χ1) is 13.2.